The molecule has 0 aliphatic carbocycles. The smallest absolute Gasteiger partial charge is 0.331 e. The Morgan fingerprint density at radius 1 is 0.912 bits per heavy atom. The Labute approximate surface area is 207 Å². The Morgan fingerprint density at radius 2 is 1.44 bits per heavy atom. The maximum absolute atomic E-state index is 12.0. The van der Waals surface area contributed by atoms with E-state index in [0.717, 1.165) is 12.3 Å². The fourth-order valence-corrected chi connectivity index (χ4v) is 3.78. The van der Waals surface area contributed by atoms with Gasteiger partial charge in [0.25, 0.3) is 0 Å². The van der Waals surface area contributed by atoms with Crippen LogP contribution in [0.2, 0.25) is 0 Å². The summed E-state index contributed by atoms with van der Waals surface area (Å²) in [6.45, 7) is 6.97. The largest absolute Gasteiger partial charge is 0.502 e. The lowest BCUT2D eigenvalue weighted by Crippen LogP contribution is -2.00. The van der Waals surface area contributed by atoms with Crippen LogP contribution in [0.1, 0.15) is 97.0 Å². The highest BCUT2D eigenvalue weighted by Crippen LogP contribution is 2.37. The number of phenolic OH excluding ortho intramolecular Hbond substituents is 1. The summed E-state index contributed by atoms with van der Waals surface area (Å²) in [6, 6.07) is 3.25. The van der Waals surface area contributed by atoms with Gasteiger partial charge in [0.15, 0.2) is 11.5 Å². The molecule has 0 spiro atoms. The second-order valence-corrected chi connectivity index (χ2v) is 9.40. The van der Waals surface area contributed by atoms with Crippen molar-refractivity contribution in [1.82, 2.24) is 0 Å². The van der Waals surface area contributed by atoms with Crippen LogP contribution in [-0.4, -0.2) is 31.9 Å². The molecule has 1 N–H and O–H groups in total. The molecular weight excluding hydrogens is 428 g/mol. The Morgan fingerprint density at radius 3 is 1.97 bits per heavy atom. The lowest BCUT2D eigenvalue weighted by atomic mass is 10.0. The van der Waals surface area contributed by atoms with Gasteiger partial charge in [-0.05, 0) is 55.5 Å². The van der Waals surface area contributed by atoms with Crippen LogP contribution in [0.5, 0.6) is 17.2 Å². The number of ether oxygens (including phenoxy) is 3. The van der Waals surface area contributed by atoms with E-state index in [1.807, 2.05) is 6.08 Å². The third-order valence-electron chi connectivity index (χ3n) is 5.92. The number of carbonyl (C=O) groups excluding carboxylic acids is 1. The highest BCUT2D eigenvalue weighted by atomic mass is 16.5. The van der Waals surface area contributed by atoms with Gasteiger partial charge in [-0.2, -0.15) is 0 Å². The quantitative estimate of drug-likeness (QED) is 0.101. The van der Waals surface area contributed by atoms with Crippen molar-refractivity contribution in [3.05, 3.63) is 35.4 Å². The first kappa shape index (κ1) is 29.6. The van der Waals surface area contributed by atoms with Gasteiger partial charge >= 0.3 is 5.97 Å². The maximum atomic E-state index is 12.0. The van der Waals surface area contributed by atoms with E-state index in [1.54, 1.807) is 18.2 Å². The Hall–Kier alpha value is -2.43. The minimum Gasteiger partial charge on any atom is -0.502 e. The number of hydrogen-bond acceptors (Lipinski definition) is 5. The van der Waals surface area contributed by atoms with E-state index in [2.05, 4.69) is 20.8 Å². The number of esters is 1. The number of rotatable bonds is 18. The summed E-state index contributed by atoms with van der Waals surface area (Å²) in [4.78, 5) is 12.0. The number of aromatic hydroxyl groups is 1. The molecule has 1 rings (SSSR count). The minimum atomic E-state index is -0.417. The van der Waals surface area contributed by atoms with Crippen molar-refractivity contribution in [2.24, 2.45) is 5.92 Å². The predicted octanol–water partition coefficient (Wildman–Crippen LogP) is 7.86. The summed E-state index contributed by atoms with van der Waals surface area (Å²) in [5, 5.41) is 9.95. The van der Waals surface area contributed by atoms with E-state index >= 15 is 0 Å². The molecule has 1 aromatic carbocycles. The molecule has 0 saturated carbocycles. The molecule has 0 radical (unpaired) electrons. The molecule has 192 valence electrons. The van der Waals surface area contributed by atoms with Crippen LogP contribution in [-0.2, 0) is 9.53 Å². The van der Waals surface area contributed by atoms with Crippen molar-refractivity contribution in [3.63, 3.8) is 0 Å². The number of allylic oxidation sites excluding steroid dienone is 1. The second-order valence-electron chi connectivity index (χ2n) is 9.40. The van der Waals surface area contributed by atoms with Gasteiger partial charge in [0.05, 0.1) is 14.2 Å². The third-order valence-corrected chi connectivity index (χ3v) is 5.92. The zero-order valence-corrected chi connectivity index (χ0v) is 22.0. The predicted molar refractivity (Wildman–Crippen MR) is 141 cm³/mol. The first-order valence-corrected chi connectivity index (χ1v) is 12.8. The Kier molecular flexibility index (Phi) is 15.6. The number of carbonyl (C=O) groups is 1. The molecule has 0 heterocycles. The van der Waals surface area contributed by atoms with Gasteiger partial charge in [0, 0.05) is 6.08 Å². The van der Waals surface area contributed by atoms with Gasteiger partial charge < -0.3 is 19.3 Å². The molecule has 0 saturated heterocycles. The number of unbranched alkanes of at least 4 members (excludes halogenated alkanes) is 8. The van der Waals surface area contributed by atoms with Crippen molar-refractivity contribution in [1.29, 1.82) is 0 Å². The summed E-state index contributed by atoms with van der Waals surface area (Å²) >= 11 is 0. The molecule has 0 atom stereocenters. The normalized spacial score (nSPS) is 11.9. The average Bonchev–Trinajstić information content (AvgIpc) is 2.81. The van der Waals surface area contributed by atoms with Gasteiger partial charge in [-0.1, -0.05) is 77.2 Å². The molecule has 0 aliphatic rings. The van der Waals surface area contributed by atoms with Crippen LogP contribution >= 0.6 is 0 Å². The second kappa shape index (κ2) is 18.0. The topological polar surface area (TPSA) is 65.0 Å². The van der Waals surface area contributed by atoms with Crippen molar-refractivity contribution in [2.75, 3.05) is 20.8 Å². The first-order valence-electron chi connectivity index (χ1n) is 12.8. The zero-order chi connectivity index (χ0) is 25.2. The highest BCUT2D eigenvalue weighted by Gasteiger charge is 2.10. The van der Waals surface area contributed by atoms with Crippen LogP contribution in [0.4, 0.5) is 0 Å². The number of phenols is 1. The number of methoxy groups -OCH3 is 2. The van der Waals surface area contributed by atoms with E-state index in [9.17, 15) is 9.90 Å². The molecule has 5 heteroatoms. The van der Waals surface area contributed by atoms with Gasteiger partial charge in [0.1, 0.15) is 6.61 Å². The van der Waals surface area contributed by atoms with Crippen LogP contribution in [0.3, 0.4) is 0 Å². The summed E-state index contributed by atoms with van der Waals surface area (Å²) in [7, 11) is 2.92. The first-order chi connectivity index (χ1) is 16.4. The lowest BCUT2D eigenvalue weighted by molar-refractivity contribution is -0.136. The summed E-state index contributed by atoms with van der Waals surface area (Å²) < 4.78 is 15.5. The third kappa shape index (κ3) is 13.3. The van der Waals surface area contributed by atoms with Crippen molar-refractivity contribution < 1.29 is 24.1 Å². The molecule has 0 amide bonds. The molecule has 0 fully saturated rings. The maximum Gasteiger partial charge on any atom is 0.331 e. The SMILES string of the molecule is COc1cc(/C=C/C(=O)OC/C=C(\C)CCCCCCCCCCCC(C)C)cc(OC)c1O. The minimum absolute atomic E-state index is 0.0714. The van der Waals surface area contributed by atoms with Gasteiger partial charge in [-0.25, -0.2) is 4.79 Å². The summed E-state index contributed by atoms with van der Waals surface area (Å²) in [5.41, 5.74) is 1.93. The molecule has 5 nitrogen and oxygen atoms in total. The molecule has 1 aromatic rings. The van der Waals surface area contributed by atoms with E-state index in [4.69, 9.17) is 14.2 Å². The highest BCUT2D eigenvalue weighted by molar-refractivity contribution is 5.87. The van der Waals surface area contributed by atoms with E-state index in [0.29, 0.717) is 5.56 Å². The molecule has 0 aliphatic heterocycles. The fraction of sp³-hybridized carbons (Fsp3) is 0.621. The van der Waals surface area contributed by atoms with Crippen molar-refractivity contribution in [3.8, 4) is 17.2 Å². The van der Waals surface area contributed by atoms with E-state index < -0.39 is 5.97 Å². The molecule has 0 unspecified atom stereocenters. The monoisotopic (exact) mass is 474 g/mol. The number of hydrogen-bond donors (Lipinski definition) is 1. The van der Waals surface area contributed by atoms with Crippen molar-refractivity contribution >= 4 is 12.0 Å². The zero-order valence-electron chi connectivity index (χ0n) is 22.0. The van der Waals surface area contributed by atoms with Gasteiger partial charge in [-0.3, -0.25) is 0 Å². The summed E-state index contributed by atoms with van der Waals surface area (Å²) in [6.07, 6.45) is 19.4. The number of benzene rings is 1. The Bertz CT molecular complexity index is 739. The van der Waals surface area contributed by atoms with Gasteiger partial charge in [-0.15, -0.1) is 0 Å². The van der Waals surface area contributed by atoms with Crippen LogP contribution in [0.25, 0.3) is 6.08 Å². The van der Waals surface area contributed by atoms with Crippen LogP contribution in [0, 0.1) is 5.92 Å². The lowest BCUT2D eigenvalue weighted by Gasteiger charge is -2.09. The van der Waals surface area contributed by atoms with Gasteiger partial charge in [0.2, 0.25) is 5.75 Å². The molecular formula is C29H46O5. The van der Waals surface area contributed by atoms with Crippen molar-refractivity contribution in [2.45, 2.75) is 91.4 Å². The molecule has 34 heavy (non-hydrogen) atoms. The van der Waals surface area contributed by atoms with E-state index in [-0.39, 0.29) is 23.9 Å². The fourth-order valence-electron chi connectivity index (χ4n) is 3.78. The standard InChI is InChI=1S/C29H46O5/c1-23(2)15-13-11-9-7-6-8-10-12-14-16-24(3)19-20-34-28(30)18-17-25-21-26(32-4)29(31)27(22-25)33-5/h17-19,21-23,31H,6-16,20H2,1-5H3/b18-17+,24-19+. The average molecular weight is 475 g/mol. The Balaban J connectivity index is 2.17. The van der Waals surface area contributed by atoms with Crippen LogP contribution in [0.15, 0.2) is 29.9 Å². The molecule has 0 bridgehead atoms. The van der Waals surface area contributed by atoms with E-state index in [1.165, 1.54) is 90.1 Å². The summed E-state index contributed by atoms with van der Waals surface area (Å²) in [5.74, 6) is 0.913. The molecule has 0 aromatic heterocycles. The van der Waals surface area contributed by atoms with Crippen LogP contribution < -0.4 is 9.47 Å².